The molecule has 1 aromatic heterocycles. The van der Waals surface area contributed by atoms with E-state index in [0.717, 1.165) is 11.5 Å². The summed E-state index contributed by atoms with van der Waals surface area (Å²) in [6.45, 7) is 5.63. The molecule has 5 heteroatoms. The summed E-state index contributed by atoms with van der Waals surface area (Å²) in [4.78, 5) is 11.8. The summed E-state index contributed by atoms with van der Waals surface area (Å²) < 4.78 is 6.87. The van der Waals surface area contributed by atoms with Crippen LogP contribution in [0.3, 0.4) is 0 Å². The van der Waals surface area contributed by atoms with Gasteiger partial charge in [-0.2, -0.15) is 0 Å². The van der Waals surface area contributed by atoms with Gasteiger partial charge in [-0.3, -0.25) is 4.57 Å². The van der Waals surface area contributed by atoms with Crippen LogP contribution in [0.2, 0.25) is 0 Å². The van der Waals surface area contributed by atoms with Gasteiger partial charge >= 0.3 is 6.09 Å². The van der Waals surface area contributed by atoms with Crippen molar-refractivity contribution in [2.24, 2.45) is 0 Å². The van der Waals surface area contributed by atoms with Crippen LogP contribution in [0.1, 0.15) is 31.9 Å². The molecule has 0 amide bonds. The molecular formula is C11H15NO2S2. The van der Waals surface area contributed by atoms with Crippen molar-refractivity contribution in [3.63, 3.8) is 0 Å². The second kappa shape index (κ2) is 4.37. The van der Waals surface area contributed by atoms with Crippen molar-refractivity contribution in [2.75, 3.05) is 0 Å². The zero-order valence-corrected chi connectivity index (χ0v) is 11.3. The Morgan fingerprint density at radius 3 is 2.19 bits per heavy atom. The quantitative estimate of drug-likeness (QED) is 0.664. The summed E-state index contributed by atoms with van der Waals surface area (Å²) in [6.07, 6.45) is 3.48. The van der Waals surface area contributed by atoms with Crippen LogP contribution in [0.15, 0.2) is 12.4 Å². The highest BCUT2D eigenvalue weighted by Gasteiger charge is 2.20. The van der Waals surface area contributed by atoms with Crippen LogP contribution >= 0.6 is 21.6 Å². The van der Waals surface area contributed by atoms with Gasteiger partial charge < -0.3 is 4.74 Å². The van der Waals surface area contributed by atoms with E-state index in [2.05, 4.69) is 0 Å². The molecule has 0 saturated heterocycles. The Bertz CT molecular complexity index is 383. The molecule has 1 aliphatic rings. The fraction of sp³-hybridized carbons (Fsp3) is 0.545. The van der Waals surface area contributed by atoms with Crippen molar-refractivity contribution in [1.29, 1.82) is 0 Å². The summed E-state index contributed by atoms with van der Waals surface area (Å²) in [5.74, 6) is 1.94. The number of rotatable bonds is 0. The Labute approximate surface area is 103 Å². The number of hydrogen-bond donors (Lipinski definition) is 0. The molecule has 0 aliphatic carbocycles. The minimum Gasteiger partial charge on any atom is -0.443 e. The van der Waals surface area contributed by atoms with E-state index in [-0.39, 0.29) is 6.09 Å². The summed E-state index contributed by atoms with van der Waals surface area (Å²) in [7, 11) is 3.65. The van der Waals surface area contributed by atoms with E-state index < -0.39 is 5.60 Å². The Hall–Kier alpha value is -0.550. The molecular weight excluding hydrogens is 242 g/mol. The maximum Gasteiger partial charge on any atom is 0.418 e. The van der Waals surface area contributed by atoms with Gasteiger partial charge in [0.2, 0.25) is 0 Å². The molecule has 0 bridgehead atoms. The minimum absolute atomic E-state index is 0.295. The first kappa shape index (κ1) is 11.9. The normalized spacial score (nSPS) is 15.7. The fourth-order valence-electron chi connectivity index (χ4n) is 1.43. The number of carbonyl (C=O) groups excluding carboxylic acids is 1. The van der Waals surface area contributed by atoms with Crippen LogP contribution in [0.4, 0.5) is 4.79 Å². The molecule has 3 nitrogen and oxygen atoms in total. The van der Waals surface area contributed by atoms with Crippen LogP contribution < -0.4 is 0 Å². The molecule has 0 spiro atoms. The molecule has 1 aliphatic heterocycles. The summed E-state index contributed by atoms with van der Waals surface area (Å²) in [5, 5.41) is 0. The first-order valence-electron chi connectivity index (χ1n) is 5.13. The highest BCUT2D eigenvalue weighted by atomic mass is 33.1. The van der Waals surface area contributed by atoms with Gasteiger partial charge in [-0.25, -0.2) is 4.79 Å². The zero-order valence-electron chi connectivity index (χ0n) is 9.65. The van der Waals surface area contributed by atoms with Crippen LogP contribution in [-0.4, -0.2) is 16.3 Å². The lowest BCUT2D eigenvalue weighted by Crippen LogP contribution is -2.26. The smallest absolute Gasteiger partial charge is 0.418 e. The number of ether oxygens (including phenoxy) is 1. The van der Waals surface area contributed by atoms with Crippen molar-refractivity contribution >= 4 is 27.7 Å². The predicted molar refractivity (Wildman–Crippen MR) is 68.7 cm³/mol. The molecule has 0 unspecified atom stereocenters. The van der Waals surface area contributed by atoms with Crippen LogP contribution in [0.25, 0.3) is 0 Å². The van der Waals surface area contributed by atoms with E-state index >= 15 is 0 Å². The molecule has 2 rings (SSSR count). The minimum atomic E-state index is -0.439. The fourth-order valence-corrected chi connectivity index (χ4v) is 3.63. The Morgan fingerprint density at radius 2 is 1.75 bits per heavy atom. The Morgan fingerprint density at radius 1 is 1.25 bits per heavy atom. The molecule has 0 saturated carbocycles. The van der Waals surface area contributed by atoms with E-state index in [9.17, 15) is 4.79 Å². The number of hydrogen-bond acceptors (Lipinski definition) is 4. The largest absolute Gasteiger partial charge is 0.443 e. The third-order valence-corrected chi connectivity index (χ3v) is 4.35. The third-order valence-electron chi connectivity index (χ3n) is 2.12. The second-order valence-electron chi connectivity index (χ2n) is 4.72. The number of carbonyl (C=O) groups is 1. The zero-order chi connectivity index (χ0) is 11.8. The Kier molecular flexibility index (Phi) is 3.26. The van der Waals surface area contributed by atoms with Crippen molar-refractivity contribution in [3.8, 4) is 0 Å². The van der Waals surface area contributed by atoms with E-state index in [4.69, 9.17) is 4.74 Å². The molecule has 0 atom stereocenters. The highest BCUT2D eigenvalue weighted by molar-refractivity contribution is 8.76. The maximum atomic E-state index is 11.8. The second-order valence-corrected chi connectivity index (χ2v) is 7.18. The lowest BCUT2D eigenvalue weighted by molar-refractivity contribution is 0.0537. The molecule has 0 N–H and O–H groups in total. The van der Waals surface area contributed by atoms with Gasteiger partial charge in [0, 0.05) is 23.9 Å². The van der Waals surface area contributed by atoms with Crippen molar-refractivity contribution in [3.05, 3.63) is 23.5 Å². The van der Waals surface area contributed by atoms with Gasteiger partial charge in [-0.05, 0) is 31.9 Å². The van der Waals surface area contributed by atoms with Gasteiger partial charge in [-0.15, -0.1) is 0 Å². The van der Waals surface area contributed by atoms with Crippen LogP contribution in [0, 0.1) is 0 Å². The lowest BCUT2D eigenvalue weighted by Gasteiger charge is -2.19. The first-order valence-corrected chi connectivity index (χ1v) is 7.62. The predicted octanol–water partition coefficient (Wildman–Crippen LogP) is 3.67. The maximum absolute atomic E-state index is 11.8. The molecule has 0 radical (unpaired) electrons. The van der Waals surface area contributed by atoms with Crippen LogP contribution in [0.5, 0.6) is 0 Å². The van der Waals surface area contributed by atoms with E-state index in [1.807, 2.05) is 54.8 Å². The number of nitrogens with zero attached hydrogens (tertiary/aromatic N) is 1. The average molecular weight is 257 g/mol. The van der Waals surface area contributed by atoms with Crippen molar-refractivity contribution < 1.29 is 9.53 Å². The van der Waals surface area contributed by atoms with Gasteiger partial charge in [0.05, 0.1) is 0 Å². The van der Waals surface area contributed by atoms with E-state index in [0.29, 0.717) is 0 Å². The van der Waals surface area contributed by atoms with E-state index in [1.165, 1.54) is 11.1 Å². The van der Waals surface area contributed by atoms with Crippen LogP contribution in [-0.2, 0) is 16.2 Å². The Balaban J connectivity index is 2.15. The number of aromatic nitrogens is 1. The number of fused-ring (bicyclic) bond motifs is 1. The van der Waals surface area contributed by atoms with Gasteiger partial charge in [0.1, 0.15) is 5.60 Å². The van der Waals surface area contributed by atoms with Crippen molar-refractivity contribution in [1.82, 2.24) is 4.57 Å². The SMILES string of the molecule is CC(C)(C)OC(=O)n1cc2c(c1)CSSC2. The monoisotopic (exact) mass is 257 g/mol. The average Bonchev–Trinajstić information content (AvgIpc) is 2.58. The molecule has 16 heavy (non-hydrogen) atoms. The van der Waals surface area contributed by atoms with Gasteiger partial charge in [0.15, 0.2) is 0 Å². The van der Waals surface area contributed by atoms with Gasteiger partial charge in [0.25, 0.3) is 0 Å². The van der Waals surface area contributed by atoms with E-state index in [1.54, 1.807) is 4.57 Å². The lowest BCUT2D eigenvalue weighted by atomic mass is 10.2. The van der Waals surface area contributed by atoms with Gasteiger partial charge in [-0.1, -0.05) is 21.6 Å². The third kappa shape index (κ3) is 2.77. The standard InChI is InChI=1S/C11H15NO2S2/c1-11(2,3)14-10(13)12-4-8-6-15-16-7-9(8)5-12/h4-5H,6-7H2,1-3H3. The molecule has 0 fully saturated rings. The summed E-state index contributed by atoms with van der Waals surface area (Å²) >= 11 is 0. The molecule has 88 valence electrons. The molecule has 1 aromatic rings. The molecule has 0 aromatic carbocycles. The summed E-state index contributed by atoms with van der Waals surface area (Å²) in [6, 6.07) is 0. The summed E-state index contributed by atoms with van der Waals surface area (Å²) in [5.41, 5.74) is 2.05. The highest BCUT2D eigenvalue weighted by Crippen LogP contribution is 2.37. The first-order chi connectivity index (χ1) is 7.46. The molecule has 2 heterocycles. The van der Waals surface area contributed by atoms with Crippen molar-refractivity contribution in [2.45, 2.75) is 37.9 Å². The topological polar surface area (TPSA) is 31.2 Å².